The van der Waals surface area contributed by atoms with Crippen molar-refractivity contribution in [1.29, 1.82) is 0 Å². The Balaban J connectivity index is 1.78. The molecule has 6 rings (SSSR count). The van der Waals surface area contributed by atoms with E-state index in [1.54, 1.807) is 12.1 Å². The second-order valence-corrected chi connectivity index (χ2v) is 12.9. The number of rotatable bonds is 4. The molecule has 0 fully saturated rings. The minimum absolute atomic E-state index is 0.292. The number of allylic oxidation sites excluding steroid dienone is 4. The van der Waals surface area contributed by atoms with Gasteiger partial charge < -0.3 is 0 Å². The van der Waals surface area contributed by atoms with E-state index in [0.29, 0.717) is 23.1 Å². The van der Waals surface area contributed by atoms with Gasteiger partial charge in [0.15, 0.2) is 0 Å². The van der Waals surface area contributed by atoms with Crippen molar-refractivity contribution in [2.24, 2.45) is 11.3 Å². The molecule has 4 aromatic rings. The molecule has 226 valence electrons. The van der Waals surface area contributed by atoms with Crippen LogP contribution in [0.4, 0.5) is 26.3 Å². The Kier molecular flexibility index (Phi) is 6.99. The molecule has 2 aliphatic carbocycles. The fourth-order valence-corrected chi connectivity index (χ4v) is 7.04. The third kappa shape index (κ3) is 4.89. The monoisotopic (exact) mass is 602 g/mol. The largest absolute Gasteiger partial charge is 0.416 e. The van der Waals surface area contributed by atoms with Crippen LogP contribution in [0, 0.1) is 11.3 Å². The molecule has 0 nitrogen and oxygen atoms in total. The van der Waals surface area contributed by atoms with E-state index in [2.05, 4.69) is 26.8 Å². The maximum Gasteiger partial charge on any atom is 0.416 e. The Hall–Kier alpha value is -4.06. The smallest absolute Gasteiger partial charge is 0.166 e. The van der Waals surface area contributed by atoms with Gasteiger partial charge in [0.25, 0.3) is 0 Å². The van der Waals surface area contributed by atoms with Crippen LogP contribution in [0.2, 0.25) is 0 Å². The van der Waals surface area contributed by atoms with Gasteiger partial charge in [0.05, 0.1) is 16.5 Å². The highest BCUT2D eigenvalue weighted by Gasteiger charge is 2.49. The highest BCUT2D eigenvalue weighted by molar-refractivity contribution is 5.80. The van der Waals surface area contributed by atoms with Crippen molar-refractivity contribution in [2.75, 3.05) is 0 Å². The van der Waals surface area contributed by atoms with Crippen molar-refractivity contribution in [3.63, 3.8) is 0 Å². The van der Waals surface area contributed by atoms with Crippen LogP contribution in [0.15, 0.2) is 114 Å². The molecule has 4 aromatic carbocycles. The zero-order valence-corrected chi connectivity index (χ0v) is 24.9. The second-order valence-electron chi connectivity index (χ2n) is 12.9. The van der Waals surface area contributed by atoms with Crippen LogP contribution in [-0.4, -0.2) is 0 Å². The van der Waals surface area contributed by atoms with Gasteiger partial charge in [-0.25, -0.2) is 0 Å². The highest BCUT2D eigenvalue weighted by Crippen LogP contribution is 2.56. The summed E-state index contributed by atoms with van der Waals surface area (Å²) >= 11 is 0. The Bertz CT molecular complexity index is 1750. The predicted molar refractivity (Wildman–Crippen MR) is 162 cm³/mol. The van der Waals surface area contributed by atoms with Gasteiger partial charge in [0, 0.05) is 5.92 Å². The molecule has 0 heterocycles. The van der Waals surface area contributed by atoms with Gasteiger partial charge in [0.1, 0.15) is 0 Å². The lowest BCUT2D eigenvalue weighted by atomic mass is 9.59. The number of fused-ring (bicyclic) bond motifs is 3. The van der Waals surface area contributed by atoms with Gasteiger partial charge in [0.2, 0.25) is 0 Å². The van der Waals surface area contributed by atoms with Crippen molar-refractivity contribution in [1.82, 2.24) is 0 Å². The minimum Gasteiger partial charge on any atom is -0.166 e. The molecule has 1 unspecified atom stereocenters. The first kappa shape index (κ1) is 30.0. The summed E-state index contributed by atoms with van der Waals surface area (Å²) < 4.78 is 85.7. The number of alkyl halides is 6. The van der Waals surface area contributed by atoms with E-state index in [4.69, 9.17) is 0 Å². The molecule has 2 aliphatic rings. The summed E-state index contributed by atoms with van der Waals surface area (Å²) in [6.07, 6.45) is -4.67. The molecule has 1 atom stereocenters. The van der Waals surface area contributed by atoms with Crippen molar-refractivity contribution in [3.8, 4) is 11.1 Å². The van der Waals surface area contributed by atoms with Crippen molar-refractivity contribution in [3.05, 3.63) is 153 Å². The van der Waals surface area contributed by atoms with Crippen LogP contribution in [0.1, 0.15) is 66.6 Å². The Morgan fingerprint density at radius 1 is 0.614 bits per heavy atom. The van der Waals surface area contributed by atoms with E-state index in [1.807, 2.05) is 55.5 Å². The fourth-order valence-electron chi connectivity index (χ4n) is 7.04. The predicted octanol–water partition coefficient (Wildman–Crippen LogP) is 11.2. The van der Waals surface area contributed by atoms with Crippen molar-refractivity contribution >= 4 is 0 Å². The molecule has 0 aliphatic heterocycles. The van der Waals surface area contributed by atoms with E-state index in [0.717, 1.165) is 57.7 Å². The summed E-state index contributed by atoms with van der Waals surface area (Å²) in [5.41, 5.74) is 3.70. The zero-order chi connectivity index (χ0) is 31.7. The van der Waals surface area contributed by atoms with Crippen LogP contribution >= 0.6 is 0 Å². The molecular weight excluding hydrogens is 570 g/mol. The summed E-state index contributed by atoms with van der Waals surface area (Å²) in [5, 5.41) is 0. The third-order valence-electron chi connectivity index (χ3n) is 9.12. The van der Waals surface area contributed by atoms with E-state index in [-0.39, 0.29) is 5.41 Å². The molecule has 0 bridgehead atoms. The van der Waals surface area contributed by atoms with Gasteiger partial charge in [-0.05, 0) is 75.4 Å². The molecule has 0 N–H and O–H groups in total. The van der Waals surface area contributed by atoms with E-state index in [9.17, 15) is 26.3 Å². The molecule has 0 radical (unpaired) electrons. The number of benzene rings is 4. The number of halogens is 6. The maximum absolute atomic E-state index is 14.3. The van der Waals surface area contributed by atoms with Gasteiger partial charge in [-0.2, -0.15) is 26.3 Å². The molecule has 0 amide bonds. The van der Waals surface area contributed by atoms with Gasteiger partial charge in [-0.15, -0.1) is 0 Å². The average molecular weight is 603 g/mol. The topological polar surface area (TPSA) is 0 Å². The summed E-state index contributed by atoms with van der Waals surface area (Å²) in [7, 11) is 0. The molecule has 0 saturated carbocycles. The van der Waals surface area contributed by atoms with Crippen LogP contribution in [0.5, 0.6) is 0 Å². The quantitative estimate of drug-likeness (QED) is 0.142. The Morgan fingerprint density at radius 2 is 1.14 bits per heavy atom. The lowest BCUT2D eigenvalue weighted by Crippen LogP contribution is -2.39. The molecule has 0 spiro atoms. The molecular formula is C38H32F6. The Morgan fingerprint density at radius 3 is 1.68 bits per heavy atom. The maximum atomic E-state index is 14.3. The summed E-state index contributed by atoms with van der Waals surface area (Å²) in [6.45, 7) is 8.09. The van der Waals surface area contributed by atoms with E-state index < -0.39 is 34.8 Å². The minimum atomic E-state index is -4.64. The Labute approximate surface area is 253 Å². The normalized spacial score (nSPS) is 16.8. The van der Waals surface area contributed by atoms with Crippen LogP contribution in [0.3, 0.4) is 0 Å². The third-order valence-corrected chi connectivity index (χ3v) is 9.12. The first-order chi connectivity index (χ1) is 20.6. The standard InChI is InChI=1S/C38H32F6/c1-23-18-29(35(2,3)4)22-34(23)36(25-11-7-13-27(20-25)37(39,40)41,26-12-8-14-28(21-26)38(42,43)44)33-17-9-16-31-30-15-6-5-10-24(30)19-32(31)33/h5-18,20-22,34H,19H2,1-4H3. The summed E-state index contributed by atoms with van der Waals surface area (Å²) in [6, 6.07) is 23.9. The van der Waals surface area contributed by atoms with E-state index >= 15 is 0 Å². The zero-order valence-electron chi connectivity index (χ0n) is 24.9. The van der Waals surface area contributed by atoms with Gasteiger partial charge >= 0.3 is 12.4 Å². The molecule has 44 heavy (non-hydrogen) atoms. The number of hydrogen-bond donors (Lipinski definition) is 0. The molecule has 6 heteroatoms. The molecule has 0 saturated heterocycles. The summed E-state index contributed by atoms with van der Waals surface area (Å²) in [4.78, 5) is 0. The highest BCUT2D eigenvalue weighted by atomic mass is 19.4. The fraction of sp³-hybridized carbons (Fsp3) is 0.263. The van der Waals surface area contributed by atoms with Crippen molar-refractivity contribution in [2.45, 2.75) is 51.9 Å². The van der Waals surface area contributed by atoms with Crippen LogP contribution in [-0.2, 0) is 24.2 Å². The van der Waals surface area contributed by atoms with Gasteiger partial charge in [-0.3, -0.25) is 0 Å². The number of hydrogen-bond acceptors (Lipinski definition) is 0. The first-order valence-electron chi connectivity index (χ1n) is 14.6. The van der Waals surface area contributed by atoms with Crippen LogP contribution in [0.25, 0.3) is 11.1 Å². The SMILES string of the molecule is CC1=CC(C(C)(C)C)=CC1C(c1cccc(C(F)(F)F)c1)(c1cccc(C(F)(F)F)c1)c1cccc2c1Cc1ccccc1-2. The lowest BCUT2D eigenvalue weighted by Gasteiger charge is -2.43. The average Bonchev–Trinajstić information content (AvgIpc) is 3.55. The lowest BCUT2D eigenvalue weighted by molar-refractivity contribution is -0.138. The van der Waals surface area contributed by atoms with Gasteiger partial charge in [-0.1, -0.05) is 117 Å². The summed E-state index contributed by atoms with van der Waals surface area (Å²) in [5.74, 6) is -0.557. The van der Waals surface area contributed by atoms with Crippen LogP contribution < -0.4 is 0 Å². The first-order valence-corrected chi connectivity index (χ1v) is 14.6. The van der Waals surface area contributed by atoms with E-state index in [1.165, 1.54) is 12.1 Å². The molecule has 0 aromatic heterocycles. The van der Waals surface area contributed by atoms with Crippen molar-refractivity contribution < 1.29 is 26.3 Å². The second kappa shape index (κ2) is 10.3.